The summed E-state index contributed by atoms with van der Waals surface area (Å²) in [5, 5.41) is 9.91. The fourth-order valence-corrected chi connectivity index (χ4v) is 1.88. The van der Waals surface area contributed by atoms with Crippen molar-refractivity contribution in [2.75, 3.05) is 0 Å². The van der Waals surface area contributed by atoms with Crippen molar-refractivity contribution in [3.8, 4) is 0 Å². The van der Waals surface area contributed by atoms with Gasteiger partial charge in [0.05, 0.1) is 5.60 Å². The van der Waals surface area contributed by atoms with Gasteiger partial charge in [0, 0.05) is 5.92 Å². The first kappa shape index (κ1) is 8.79. The van der Waals surface area contributed by atoms with E-state index in [0.717, 1.165) is 12.8 Å². The highest BCUT2D eigenvalue weighted by Gasteiger charge is 2.31. The predicted molar refractivity (Wildman–Crippen MR) is 47.4 cm³/mol. The fraction of sp³-hybridized carbons (Fsp3) is 0.800. The molecule has 2 atom stereocenters. The van der Waals surface area contributed by atoms with Crippen LogP contribution < -0.4 is 0 Å². The molecule has 1 saturated carbocycles. The summed E-state index contributed by atoms with van der Waals surface area (Å²) in [6, 6.07) is 0. The van der Waals surface area contributed by atoms with E-state index in [-0.39, 0.29) is 0 Å². The van der Waals surface area contributed by atoms with Crippen LogP contribution in [0.25, 0.3) is 0 Å². The molecular formula is C10H18O. The van der Waals surface area contributed by atoms with Crippen LogP contribution in [-0.4, -0.2) is 10.7 Å². The van der Waals surface area contributed by atoms with Crippen molar-refractivity contribution < 1.29 is 5.11 Å². The van der Waals surface area contributed by atoms with Crippen LogP contribution in [-0.2, 0) is 0 Å². The lowest BCUT2D eigenvalue weighted by Crippen LogP contribution is -2.36. The Morgan fingerprint density at radius 1 is 1.45 bits per heavy atom. The summed E-state index contributed by atoms with van der Waals surface area (Å²) in [6.45, 7) is 3.97. The minimum atomic E-state index is -0.440. The number of hydrogen-bond acceptors (Lipinski definition) is 1. The molecule has 0 spiro atoms. The highest BCUT2D eigenvalue weighted by molar-refractivity contribution is 4.98. The summed E-state index contributed by atoms with van der Waals surface area (Å²) in [6.07, 6.45) is 8.75. The Bertz CT molecular complexity index is 147. The number of allylic oxidation sites excluding steroid dienone is 1. The van der Waals surface area contributed by atoms with E-state index < -0.39 is 5.60 Å². The highest BCUT2D eigenvalue weighted by Crippen LogP contribution is 2.34. The van der Waals surface area contributed by atoms with E-state index in [4.69, 9.17) is 0 Å². The van der Waals surface area contributed by atoms with Crippen molar-refractivity contribution in [2.24, 2.45) is 5.92 Å². The second-order valence-electron chi connectivity index (χ2n) is 3.74. The van der Waals surface area contributed by atoms with Gasteiger partial charge in [-0.15, -0.1) is 0 Å². The number of hydrogen-bond donors (Lipinski definition) is 1. The molecule has 2 unspecified atom stereocenters. The third-order valence-electron chi connectivity index (χ3n) is 2.67. The van der Waals surface area contributed by atoms with E-state index in [0.29, 0.717) is 5.92 Å². The van der Waals surface area contributed by atoms with Gasteiger partial charge in [-0.3, -0.25) is 0 Å². The standard InChI is InChI=1S/C10H18O/c1-3-6-9-7-4-5-8-10(9,2)11/h3,6,9,11H,4-5,7-8H2,1-2H3/b6-3+. The average Bonchev–Trinajstić information content (AvgIpc) is 1.94. The maximum absolute atomic E-state index is 9.91. The average molecular weight is 154 g/mol. The summed E-state index contributed by atoms with van der Waals surface area (Å²) in [7, 11) is 0. The summed E-state index contributed by atoms with van der Waals surface area (Å²) < 4.78 is 0. The predicted octanol–water partition coefficient (Wildman–Crippen LogP) is 2.50. The Morgan fingerprint density at radius 3 is 2.73 bits per heavy atom. The topological polar surface area (TPSA) is 20.2 Å². The smallest absolute Gasteiger partial charge is 0.0682 e. The Kier molecular flexibility index (Phi) is 2.72. The highest BCUT2D eigenvalue weighted by atomic mass is 16.3. The van der Waals surface area contributed by atoms with Crippen molar-refractivity contribution in [3.05, 3.63) is 12.2 Å². The van der Waals surface area contributed by atoms with E-state index in [1.54, 1.807) is 0 Å². The van der Waals surface area contributed by atoms with Crippen LogP contribution in [0.4, 0.5) is 0 Å². The molecule has 1 fully saturated rings. The van der Waals surface area contributed by atoms with Crippen LogP contribution >= 0.6 is 0 Å². The monoisotopic (exact) mass is 154 g/mol. The summed E-state index contributed by atoms with van der Waals surface area (Å²) >= 11 is 0. The van der Waals surface area contributed by atoms with E-state index in [1.807, 2.05) is 19.9 Å². The zero-order valence-corrected chi connectivity index (χ0v) is 7.51. The molecule has 0 aromatic heterocycles. The first-order valence-electron chi connectivity index (χ1n) is 4.52. The normalized spacial score (nSPS) is 39.7. The van der Waals surface area contributed by atoms with Gasteiger partial charge in [0.1, 0.15) is 0 Å². The first-order valence-corrected chi connectivity index (χ1v) is 4.52. The minimum Gasteiger partial charge on any atom is -0.390 e. The van der Waals surface area contributed by atoms with Gasteiger partial charge in [-0.05, 0) is 26.7 Å². The summed E-state index contributed by atoms with van der Waals surface area (Å²) in [5.41, 5.74) is -0.440. The second kappa shape index (κ2) is 3.40. The van der Waals surface area contributed by atoms with Gasteiger partial charge < -0.3 is 5.11 Å². The SMILES string of the molecule is C/C=C/C1CCCCC1(C)O. The molecule has 0 amide bonds. The Hall–Kier alpha value is -0.300. The van der Waals surface area contributed by atoms with E-state index >= 15 is 0 Å². The summed E-state index contributed by atoms with van der Waals surface area (Å²) in [4.78, 5) is 0. The molecule has 1 aliphatic rings. The lowest BCUT2D eigenvalue weighted by molar-refractivity contribution is -0.0122. The van der Waals surface area contributed by atoms with Crippen LogP contribution in [0.5, 0.6) is 0 Å². The lowest BCUT2D eigenvalue weighted by atomic mass is 9.76. The van der Waals surface area contributed by atoms with Crippen LogP contribution in [0, 0.1) is 5.92 Å². The van der Waals surface area contributed by atoms with Gasteiger partial charge in [0.2, 0.25) is 0 Å². The van der Waals surface area contributed by atoms with Crippen LogP contribution in [0.1, 0.15) is 39.5 Å². The Labute approximate surface area is 69.1 Å². The molecule has 1 nitrogen and oxygen atoms in total. The van der Waals surface area contributed by atoms with E-state index in [1.165, 1.54) is 12.8 Å². The molecule has 0 aromatic carbocycles. The van der Waals surface area contributed by atoms with Crippen LogP contribution in [0.3, 0.4) is 0 Å². The lowest BCUT2D eigenvalue weighted by Gasteiger charge is -2.35. The molecule has 0 aliphatic heterocycles. The van der Waals surface area contributed by atoms with E-state index in [2.05, 4.69) is 6.08 Å². The van der Waals surface area contributed by atoms with Gasteiger partial charge in [0.25, 0.3) is 0 Å². The number of aliphatic hydroxyl groups is 1. The summed E-state index contributed by atoms with van der Waals surface area (Å²) in [5.74, 6) is 0.390. The third kappa shape index (κ3) is 2.06. The molecule has 11 heavy (non-hydrogen) atoms. The van der Waals surface area contributed by atoms with E-state index in [9.17, 15) is 5.11 Å². The molecule has 1 rings (SSSR count). The van der Waals surface area contributed by atoms with Crippen molar-refractivity contribution in [3.63, 3.8) is 0 Å². The zero-order valence-electron chi connectivity index (χ0n) is 7.51. The Balaban J connectivity index is 2.59. The Morgan fingerprint density at radius 2 is 2.18 bits per heavy atom. The minimum absolute atomic E-state index is 0.390. The third-order valence-corrected chi connectivity index (χ3v) is 2.67. The molecule has 64 valence electrons. The molecule has 0 aromatic rings. The molecular weight excluding hydrogens is 136 g/mol. The molecule has 0 radical (unpaired) electrons. The maximum atomic E-state index is 9.91. The van der Waals surface area contributed by atoms with Gasteiger partial charge in [-0.1, -0.05) is 25.0 Å². The molecule has 1 aliphatic carbocycles. The molecule has 0 heterocycles. The first-order chi connectivity index (χ1) is 5.17. The molecule has 1 heteroatoms. The van der Waals surface area contributed by atoms with Crippen LogP contribution in [0.15, 0.2) is 12.2 Å². The molecule has 0 bridgehead atoms. The number of rotatable bonds is 1. The fourth-order valence-electron chi connectivity index (χ4n) is 1.88. The molecule has 1 N–H and O–H groups in total. The zero-order chi connectivity index (χ0) is 8.32. The van der Waals surface area contributed by atoms with Gasteiger partial charge >= 0.3 is 0 Å². The van der Waals surface area contributed by atoms with Crippen molar-refractivity contribution in [2.45, 2.75) is 45.1 Å². The second-order valence-corrected chi connectivity index (χ2v) is 3.74. The van der Waals surface area contributed by atoms with Gasteiger partial charge in [-0.25, -0.2) is 0 Å². The van der Waals surface area contributed by atoms with Crippen molar-refractivity contribution in [1.82, 2.24) is 0 Å². The van der Waals surface area contributed by atoms with Crippen molar-refractivity contribution in [1.29, 1.82) is 0 Å². The largest absolute Gasteiger partial charge is 0.390 e. The molecule has 0 saturated heterocycles. The van der Waals surface area contributed by atoms with Crippen molar-refractivity contribution >= 4 is 0 Å². The van der Waals surface area contributed by atoms with Gasteiger partial charge in [-0.2, -0.15) is 0 Å². The maximum Gasteiger partial charge on any atom is 0.0682 e. The van der Waals surface area contributed by atoms with Crippen LogP contribution in [0.2, 0.25) is 0 Å². The van der Waals surface area contributed by atoms with Gasteiger partial charge in [0.15, 0.2) is 0 Å². The quantitative estimate of drug-likeness (QED) is 0.575.